The maximum Gasteiger partial charge on any atom is 0.279 e. The number of ether oxygens (including phenoxy) is 2. The third-order valence-corrected chi connectivity index (χ3v) is 5.69. The van der Waals surface area contributed by atoms with E-state index >= 15 is 0 Å². The fourth-order valence-corrected chi connectivity index (χ4v) is 4.07. The number of methoxy groups -OCH3 is 2. The van der Waals surface area contributed by atoms with E-state index in [1.54, 1.807) is 26.5 Å². The third-order valence-electron chi connectivity index (χ3n) is 5.46. The predicted octanol–water partition coefficient (Wildman–Crippen LogP) is 2.84. The minimum atomic E-state index is -0.176. The number of hydrogen-bond acceptors (Lipinski definition) is 6. The Hall–Kier alpha value is -2.61. The second kappa shape index (κ2) is 9.04. The Morgan fingerprint density at radius 2 is 1.80 bits per heavy atom. The Balaban J connectivity index is 1.46. The fraction of sp³-hybridized carbons (Fsp3) is 0.364. The van der Waals surface area contributed by atoms with E-state index in [0.717, 1.165) is 43.1 Å². The van der Waals surface area contributed by atoms with Gasteiger partial charge in [0.25, 0.3) is 5.56 Å². The zero-order valence-corrected chi connectivity index (χ0v) is 17.9. The first kappa shape index (κ1) is 20.7. The van der Waals surface area contributed by atoms with Crippen LogP contribution in [0.4, 0.5) is 0 Å². The van der Waals surface area contributed by atoms with E-state index in [4.69, 9.17) is 21.1 Å². The van der Waals surface area contributed by atoms with Gasteiger partial charge in [0, 0.05) is 43.1 Å². The lowest BCUT2D eigenvalue weighted by Crippen LogP contribution is -2.47. The molecule has 30 heavy (non-hydrogen) atoms. The first-order valence-electron chi connectivity index (χ1n) is 9.89. The van der Waals surface area contributed by atoms with Crippen molar-refractivity contribution in [2.75, 3.05) is 40.4 Å². The van der Waals surface area contributed by atoms with E-state index < -0.39 is 0 Å². The molecule has 4 rings (SSSR count). The van der Waals surface area contributed by atoms with Crippen molar-refractivity contribution in [1.82, 2.24) is 19.6 Å². The number of piperazine rings is 1. The summed E-state index contributed by atoms with van der Waals surface area (Å²) in [4.78, 5) is 17.7. The molecule has 0 unspecified atom stereocenters. The minimum absolute atomic E-state index is 0.176. The predicted molar refractivity (Wildman–Crippen MR) is 117 cm³/mol. The van der Waals surface area contributed by atoms with Gasteiger partial charge >= 0.3 is 0 Å². The highest BCUT2D eigenvalue weighted by atomic mass is 35.5. The van der Waals surface area contributed by atoms with Crippen LogP contribution in [0.15, 0.2) is 47.4 Å². The molecule has 2 aromatic carbocycles. The zero-order chi connectivity index (χ0) is 21.1. The molecule has 1 saturated heterocycles. The fourth-order valence-electron chi connectivity index (χ4n) is 3.86. The molecule has 1 fully saturated rings. The van der Waals surface area contributed by atoms with Crippen molar-refractivity contribution >= 4 is 22.4 Å². The van der Waals surface area contributed by atoms with Crippen molar-refractivity contribution in [2.45, 2.75) is 13.2 Å². The summed E-state index contributed by atoms with van der Waals surface area (Å²) in [5, 5.41) is 6.36. The van der Waals surface area contributed by atoms with Crippen molar-refractivity contribution in [2.24, 2.45) is 0 Å². The SMILES string of the molecule is COc1ccc2cnn(CN3CCN(Cc4cccc(Cl)c4)CC3)c(=O)c2c1OC. The normalized spacial score (nSPS) is 15.4. The van der Waals surface area contributed by atoms with E-state index in [2.05, 4.69) is 21.0 Å². The van der Waals surface area contributed by atoms with Gasteiger partial charge < -0.3 is 9.47 Å². The molecule has 0 aliphatic carbocycles. The number of nitrogens with zero attached hydrogens (tertiary/aromatic N) is 4. The number of benzene rings is 2. The summed E-state index contributed by atoms with van der Waals surface area (Å²) >= 11 is 6.09. The molecule has 1 aliphatic heterocycles. The van der Waals surface area contributed by atoms with Crippen LogP contribution in [0, 0.1) is 0 Å². The minimum Gasteiger partial charge on any atom is -0.493 e. The topological polar surface area (TPSA) is 59.8 Å². The first-order chi connectivity index (χ1) is 14.6. The van der Waals surface area contributed by atoms with Crippen LogP contribution >= 0.6 is 11.6 Å². The molecular formula is C22H25ClN4O3. The van der Waals surface area contributed by atoms with Crippen LogP contribution in [-0.4, -0.2) is 60.0 Å². The third kappa shape index (κ3) is 4.28. The number of hydrogen-bond donors (Lipinski definition) is 0. The molecule has 0 bridgehead atoms. The maximum atomic E-state index is 13.1. The summed E-state index contributed by atoms with van der Waals surface area (Å²) in [5.41, 5.74) is 1.04. The molecule has 1 aliphatic rings. The first-order valence-corrected chi connectivity index (χ1v) is 10.3. The van der Waals surface area contributed by atoms with Crippen molar-refractivity contribution in [3.8, 4) is 11.5 Å². The van der Waals surface area contributed by atoms with E-state index in [1.807, 2.05) is 24.3 Å². The summed E-state index contributed by atoms with van der Waals surface area (Å²) < 4.78 is 12.3. The largest absolute Gasteiger partial charge is 0.493 e. The van der Waals surface area contributed by atoms with Gasteiger partial charge in [0.2, 0.25) is 0 Å². The zero-order valence-electron chi connectivity index (χ0n) is 17.2. The van der Waals surface area contributed by atoms with Crippen LogP contribution in [0.2, 0.25) is 5.02 Å². The van der Waals surface area contributed by atoms with Gasteiger partial charge in [-0.15, -0.1) is 0 Å². The lowest BCUT2D eigenvalue weighted by Gasteiger charge is -2.34. The molecule has 0 N–H and O–H groups in total. The smallest absolute Gasteiger partial charge is 0.279 e. The summed E-state index contributed by atoms with van der Waals surface area (Å²) in [5.74, 6) is 0.983. The summed E-state index contributed by atoms with van der Waals surface area (Å²) in [6.45, 7) is 4.89. The van der Waals surface area contributed by atoms with Crippen LogP contribution in [0.5, 0.6) is 11.5 Å². The molecule has 7 nitrogen and oxygen atoms in total. The molecule has 158 valence electrons. The summed E-state index contributed by atoms with van der Waals surface area (Å²) in [6.07, 6.45) is 1.70. The monoisotopic (exact) mass is 428 g/mol. The van der Waals surface area contributed by atoms with Crippen LogP contribution in [0.1, 0.15) is 5.56 Å². The summed E-state index contributed by atoms with van der Waals surface area (Å²) in [7, 11) is 3.10. The Kier molecular flexibility index (Phi) is 6.22. The average molecular weight is 429 g/mol. The molecular weight excluding hydrogens is 404 g/mol. The molecule has 0 saturated carbocycles. The quantitative estimate of drug-likeness (QED) is 0.601. The standard InChI is InChI=1S/C22H25ClN4O3/c1-29-19-7-6-17-13-24-27(22(28)20(17)21(19)30-2)15-26-10-8-25(9-11-26)14-16-4-3-5-18(23)12-16/h3-7,12-13H,8-11,14-15H2,1-2H3. The van der Waals surface area contributed by atoms with Gasteiger partial charge in [-0.05, 0) is 29.8 Å². The van der Waals surface area contributed by atoms with Gasteiger partial charge in [0.15, 0.2) is 11.5 Å². The lowest BCUT2D eigenvalue weighted by molar-refractivity contribution is 0.0972. The van der Waals surface area contributed by atoms with Crippen LogP contribution in [0.25, 0.3) is 10.8 Å². The van der Waals surface area contributed by atoms with E-state index in [-0.39, 0.29) is 5.56 Å². The lowest BCUT2D eigenvalue weighted by atomic mass is 10.1. The van der Waals surface area contributed by atoms with Gasteiger partial charge in [-0.1, -0.05) is 23.7 Å². The van der Waals surface area contributed by atoms with Crippen molar-refractivity contribution in [1.29, 1.82) is 0 Å². The second-order valence-corrected chi connectivity index (χ2v) is 7.82. The van der Waals surface area contributed by atoms with Crippen LogP contribution in [-0.2, 0) is 13.2 Å². The second-order valence-electron chi connectivity index (χ2n) is 7.38. The molecule has 0 amide bonds. The highest BCUT2D eigenvalue weighted by Crippen LogP contribution is 2.32. The van der Waals surface area contributed by atoms with Gasteiger partial charge in [0.1, 0.15) is 0 Å². The van der Waals surface area contributed by atoms with Crippen molar-refractivity contribution in [3.05, 3.63) is 63.5 Å². The maximum absolute atomic E-state index is 13.1. The molecule has 0 radical (unpaired) electrons. The molecule has 3 aromatic rings. The van der Waals surface area contributed by atoms with Crippen LogP contribution < -0.4 is 15.0 Å². The molecule has 1 aromatic heterocycles. The van der Waals surface area contributed by atoms with Gasteiger partial charge in [-0.2, -0.15) is 5.10 Å². The van der Waals surface area contributed by atoms with Gasteiger partial charge in [-0.3, -0.25) is 14.6 Å². The Labute approximate surface area is 180 Å². The van der Waals surface area contributed by atoms with Crippen molar-refractivity contribution < 1.29 is 9.47 Å². The molecule has 0 atom stereocenters. The number of fused-ring (bicyclic) bond motifs is 1. The molecule has 0 spiro atoms. The highest BCUT2D eigenvalue weighted by Gasteiger charge is 2.20. The molecule has 2 heterocycles. The number of halogens is 1. The van der Waals surface area contributed by atoms with Gasteiger partial charge in [-0.25, -0.2) is 4.68 Å². The highest BCUT2D eigenvalue weighted by molar-refractivity contribution is 6.30. The Bertz CT molecular complexity index is 1090. The van der Waals surface area contributed by atoms with Crippen molar-refractivity contribution in [3.63, 3.8) is 0 Å². The van der Waals surface area contributed by atoms with E-state index in [0.29, 0.717) is 23.6 Å². The van der Waals surface area contributed by atoms with E-state index in [1.165, 1.54) is 10.2 Å². The summed E-state index contributed by atoms with van der Waals surface area (Å²) in [6, 6.07) is 11.6. The average Bonchev–Trinajstić information content (AvgIpc) is 2.76. The Morgan fingerprint density at radius 1 is 1.03 bits per heavy atom. The number of aromatic nitrogens is 2. The van der Waals surface area contributed by atoms with Crippen LogP contribution in [0.3, 0.4) is 0 Å². The number of rotatable bonds is 6. The van der Waals surface area contributed by atoms with E-state index in [9.17, 15) is 4.79 Å². The molecule has 8 heteroatoms. The Morgan fingerprint density at radius 3 is 2.50 bits per heavy atom. The van der Waals surface area contributed by atoms with Gasteiger partial charge in [0.05, 0.1) is 32.5 Å².